The molecule has 1 saturated carbocycles. The third-order valence-electron chi connectivity index (χ3n) is 4.01. The number of amides is 1. The first-order valence-electron chi connectivity index (χ1n) is 7.67. The third kappa shape index (κ3) is 5.49. The van der Waals surface area contributed by atoms with Gasteiger partial charge in [-0.05, 0) is 32.1 Å². The molecule has 5 heteroatoms. The Labute approximate surface area is 121 Å². The fourth-order valence-corrected chi connectivity index (χ4v) is 2.76. The number of aliphatic carboxylic acids is 1. The van der Waals surface area contributed by atoms with E-state index >= 15 is 0 Å². The van der Waals surface area contributed by atoms with Gasteiger partial charge in [-0.2, -0.15) is 0 Å². The van der Waals surface area contributed by atoms with Gasteiger partial charge >= 0.3 is 5.97 Å². The average Bonchev–Trinajstić information content (AvgIpc) is 2.87. The Balaban J connectivity index is 2.54. The Morgan fingerprint density at radius 2 is 1.85 bits per heavy atom. The van der Waals surface area contributed by atoms with Crippen LogP contribution in [0.5, 0.6) is 0 Å². The van der Waals surface area contributed by atoms with Gasteiger partial charge in [-0.15, -0.1) is 0 Å². The Morgan fingerprint density at radius 1 is 1.25 bits per heavy atom. The highest BCUT2D eigenvalue weighted by Crippen LogP contribution is 2.25. The molecule has 0 aliphatic heterocycles. The zero-order valence-electron chi connectivity index (χ0n) is 12.9. The first-order chi connectivity index (χ1) is 9.41. The lowest BCUT2D eigenvalue weighted by molar-refractivity contribution is -0.140. The van der Waals surface area contributed by atoms with Gasteiger partial charge < -0.3 is 10.4 Å². The van der Waals surface area contributed by atoms with Crippen molar-refractivity contribution in [2.24, 2.45) is 5.92 Å². The molecule has 5 nitrogen and oxygen atoms in total. The molecule has 0 spiro atoms. The van der Waals surface area contributed by atoms with E-state index in [0.29, 0.717) is 12.5 Å². The SMILES string of the molecule is CC(C)CCNC(=O)C(C)N(CC(=O)O)C1CCCC1. The van der Waals surface area contributed by atoms with Gasteiger partial charge in [0.25, 0.3) is 0 Å². The predicted octanol–water partition coefficient (Wildman–Crippen LogP) is 1.87. The van der Waals surface area contributed by atoms with Crippen molar-refractivity contribution in [2.45, 2.75) is 65.0 Å². The predicted molar refractivity (Wildman–Crippen MR) is 78.5 cm³/mol. The third-order valence-corrected chi connectivity index (χ3v) is 4.01. The van der Waals surface area contributed by atoms with Gasteiger partial charge in [0.1, 0.15) is 0 Å². The van der Waals surface area contributed by atoms with Crippen LogP contribution in [-0.2, 0) is 9.59 Å². The minimum atomic E-state index is -0.862. The summed E-state index contributed by atoms with van der Waals surface area (Å²) in [6.45, 7) is 6.65. The van der Waals surface area contributed by atoms with E-state index in [1.54, 1.807) is 0 Å². The number of carbonyl (C=O) groups is 2. The second-order valence-electron chi connectivity index (χ2n) is 6.15. The molecule has 0 aromatic rings. The molecular weight excluding hydrogens is 256 g/mol. The van der Waals surface area contributed by atoms with Crippen LogP contribution < -0.4 is 5.32 Å². The number of hydrogen-bond acceptors (Lipinski definition) is 3. The van der Waals surface area contributed by atoms with Gasteiger partial charge in [0.15, 0.2) is 0 Å². The highest BCUT2D eigenvalue weighted by Gasteiger charge is 2.31. The lowest BCUT2D eigenvalue weighted by atomic mass is 10.1. The van der Waals surface area contributed by atoms with Gasteiger partial charge in [-0.1, -0.05) is 26.7 Å². The number of nitrogens with zero attached hydrogens (tertiary/aromatic N) is 1. The quantitative estimate of drug-likeness (QED) is 0.714. The largest absolute Gasteiger partial charge is 0.480 e. The molecule has 2 N–H and O–H groups in total. The van der Waals surface area contributed by atoms with Crippen LogP contribution in [0, 0.1) is 5.92 Å². The minimum Gasteiger partial charge on any atom is -0.480 e. The zero-order chi connectivity index (χ0) is 15.1. The van der Waals surface area contributed by atoms with E-state index in [0.717, 1.165) is 32.1 Å². The maximum Gasteiger partial charge on any atom is 0.317 e. The molecule has 1 aliphatic rings. The summed E-state index contributed by atoms with van der Waals surface area (Å²) in [5.74, 6) is -0.368. The number of hydrogen-bond donors (Lipinski definition) is 2. The number of carbonyl (C=O) groups excluding carboxylic acids is 1. The van der Waals surface area contributed by atoms with Crippen molar-refractivity contribution in [3.05, 3.63) is 0 Å². The Hall–Kier alpha value is -1.10. The van der Waals surface area contributed by atoms with Crippen LogP contribution in [0.1, 0.15) is 52.9 Å². The van der Waals surface area contributed by atoms with Crippen molar-refractivity contribution in [1.29, 1.82) is 0 Å². The maximum absolute atomic E-state index is 12.2. The monoisotopic (exact) mass is 284 g/mol. The van der Waals surface area contributed by atoms with E-state index in [1.807, 2.05) is 11.8 Å². The van der Waals surface area contributed by atoms with Crippen LogP contribution >= 0.6 is 0 Å². The van der Waals surface area contributed by atoms with Crippen LogP contribution in [0.4, 0.5) is 0 Å². The molecule has 116 valence electrons. The Bertz CT molecular complexity index is 325. The highest BCUT2D eigenvalue weighted by molar-refractivity contribution is 5.82. The van der Waals surface area contributed by atoms with E-state index in [2.05, 4.69) is 19.2 Å². The molecule has 1 atom stereocenters. The van der Waals surface area contributed by atoms with Crippen LogP contribution in [0.2, 0.25) is 0 Å². The Kier molecular flexibility index (Phi) is 6.99. The van der Waals surface area contributed by atoms with Gasteiger partial charge in [0, 0.05) is 12.6 Å². The normalized spacial score (nSPS) is 17.6. The van der Waals surface area contributed by atoms with Crippen molar-refractivity contribution < 1.29 is 14.7 Å². The molecule has 0 radical (unpaired) electrons. The molecular formula is C15H28N2O3. The molecule has 1 amide bonds. The van der Waals surface area contributed by atoms with Crippen LogP contribution in [0.15, 0.2) is 0 Å². The lowest BCUT2D eigenvalue weighted by Gasteiger charge is -2.32. The maximum atomic E-state index is 12.2. The van der Waals surface area contributed by atoms with Gasteiger partial charge in [0.2, 0.25) is 5.91 Å². The van der Waals surface area contributed by atoms with Gasteiger partial charge in [-0.25, -0.2) is 0 Å². The van der Waals surface area contributed by atoms with Crippen molar-refractivity contribution >= 4 is 11.9 Å². The molecule has 1 fully saturated rings. The van der Waals surface area contributed by atoms with Gasteiger partial charge in [-0.3, -0.25) is 14.5 Å². The van der Waals surface area contributed by atoms with Crippen molar-refractivity contribution in [2.75, 3.05) is 13.1 Å². The molecule has 1 aliphatic carbocycles. The van der Waals surface area contributed by atoms with E-state index in [1.165, 1.54) is 0 Å². The molecule has 20 heavy (non-hydrogen) atoms. The highest BCUT2D eigenvalue weighted by atomic mass is 16.4. The summed E-state index contributed by atoms with van der Waals surface area (Å²) in [6, 6.07) is -0.140. The van der Waals surface area contributed by atoms with Gasteiger partial charge in [0.05, 0.1) is 12.6 Å². The van der Waals surface area contributed by atoms with E-state index in [4.69, 9.17) is 5.11 Å². The number of carboxylic acid groups (broad SMARTS) is 1. The summed E-state index contributed by atoms with van der Waals surface area (Å²) >= 11 is 0. The number of nitrogens with one attached hydrogen (secondary N) is 1. The summed E-state index contributed by atoms with van der Waals surface area (Å²) in [5.41, 5.74) is 0. The fraction of sp³-hybridized carbons (Fsp3) is 0.867. The second kappa shape index (κ2) is 8.25. The minimum absolute atomic E-state index is 0.0521. The summed E-state index contributed by atoms with van der Waals surface area (Å²) in [5, 5.41) is 12.0. The number of rotatable bonds is 8. The second-order valence-corrected chi connectivity index (χ2v) is 6.15. The molecule has 1 unspecified atom stereocenters. The van der Waals surface area contributed by atoms with Crippen LogP contribution in [0.3, 0.4) is 0 Å². The molecule has 0 aromatic carbocycles. The van der Waals surface area contributed by atoms with Crippen molar-refractivity contribution in [1.82, 2.24) is 10.2 Å². The van der Waals surface area contributed by atoms with E-state index in [-0.39, 0.29) is 24.5 Å². The smallest absolute Gasteiger partial charge is 0.317 e. The molecule has 0 bridgehead atoms. The fourth-order valence-electron chi connectivity index (χ4n) is 2.76. The first kappa shape index (κ1) is 17.0. The van der Waals surface area contributed by atoms with Crippen molar-refractivity contribution in [3.63, 3.8) is 0 Å². The summed E-state index contributed by atoms with van der Waals surface area (Å²) in [4.78, 5) is 25.0. The van der Waals surface area contributed by atoms with Crippen molar-refractivity contribution in [3.8, 4) is 0 Å². The van der Waals surface area contributed by atoms with Crippen LogP contribution in [-0.4, -0.2) is 47.1 Å². The van der Waals surface area contributed by atoms with E-state index in [9.17, 15) is 9.59 Å². The molecule has 1 rings (SSSR count). The summed E-state index contributed by atoms with van der Waals surface area (Å²) < 4.78 is 0. The van der Waals surface area contributed by atoms with Crippen LogP contribution in [0.25, 0.3) is 0 Å². The summed E-state index contributed by atoms with van der Waals surface area (Å²) in [7, 11) is 0. The first-order valence-corrected chi connectivity index (χ1v) is 7.67. The Morgan fingerprint density at radius 3 is 2.35 bits per heavy atom. The van der Waals surface area contributed by atoms with E-state index < -0.39 is 5.97 Å². The number of carboxylic acids is 1. The molecule has 0 saturated heterocycles. The standard InChI is InChI=1S/C15H28N2O3/c1-11(2)8-9-16-15(20)12(3)17(10-14(18)19)13-6-4-5-7-13/h11-13H,4-10H2,1-3H3,(H,16,20)(H,18,19). The summed E-state index contributed by atoms with van der Waals surface area (Å²) in [6.07, 6.45) is 5.19. The lowest BCUT2D eigenvalue weighted by Crippen LogP contribution is -2.51. The topological polar surface area (TPSA) is 69.6 Å². The average molecular weight is 284 g/mol. The zero-order valence-corrected chi connectivity index (χ0v) is 12.9. The molecule has 0 aromatic heterocycles. The molecule has 0 heterocycles.